The van der Waals surface area contributed by atoms with Crippen molar-refractivity contribution in [2.45, 2.75) is 247 Å². The Kier molecular flexibility index (Phi) is 32.9. The van der Waals surface area contributed by atoms with Gasteiger partial charge in [0.2, 0.25) is 0 Å². The van der Waals surface area contributed by atoms with Crippen LogP contribution in [-0.2, 0) is 19.1 Å². The second-order valence-electron chi connectivity index (χ2n) is 18.5. The number of aliphatic hydroxyl groups excluding tert-OH is 1. The topological polar surface area (TPSA) is 76.1 Å². The Morgan fingerprint density at radius 3 is 1.71 bits per heavy atom. The Morgan fingerprint density at radius 2 is 1.13 bits per heavy atom. The predicted octanol–water partition coefficient (Wildman–Crippen LogP) is 13.9. The number of carbonyl (C=O) groups is 2. The summed E-state index contributed by atoms with van der Waals surface area (Å²) in [6.07, 6.45) is 39.4. The average Bonchev–Trinajstić information content (AvgIpc) is 3.95. The molecule has 1 aliphatic rings. The van der Waals surface area contributed by atoms with Gasteiger partial charge in [0, 0.05) is 13.0 Å². The highest BCUT2D eigenvalue weighted by molar-refractivity contribution is 5.75. The summed E-state index contributed by atoms with van der Waals surface area (Å²) in [4.78, 5) is 28.0. The highest BCUT2D eigenvalue weighted by Crippen LogP contribution is 2.52. The second kappa shape index (κ2) is 34.9. The first-order valence-corrected chi connectivity index (χ1v) is 24.4. The van der Waals surface area contributed by atoms with Gasteiger partial charge in [0.1, 0.15) is 0 Å². The number of esters is 2. The number of unbranched alkanes of at least 4 members (excludes halogenated alkanes) is 19. The summed E-state index contributed by atoms with van der Waals surface area (Å²) in [5.41, 5.74) is 0.0805. The molecule has 0 amide bonds. The van der Waals surface area contributed by atoms with Gasteiger partial charge in [0.05, 0.1) is 18.6 Å². The summed E-state index contributed by atoms with van der Waals surface area (Å²) in [7, 11) is 0. The Bertz CT molecular complexity index is 873. The van der Waals surface area contributed by atoms with E-state index in [1.165, 1.54) is 148 Å². The lowest BCUT2D eigenvalue weighted by atomic mass is 9.86. The van der Waals surface area contributed by atoms with Crippen LogP contribution in [0.4, 0.5) is 0 Å². The van der Waals surface area contributed by atoms with E-state index in [2.05, 4.69) is 39.5 Å². The fourth-order valence-electron chi connectivity index (χ4n) is 8.20. The van der Waals surface area contributed by atoms with Crippen LogP contribution < -0.4 is 0 Å². The third kappa shape index (κ3) is 29.7. The van der Waals surface area contributed by atoms with E-state index in [1.54, 1.807) is 0 Å². The molecule has 0 aromatic rings. The minimum absolute atomic E-state index is 0.00153. The third-order valence-corrected chi connectivity index (χ3v) is 12.6. The minimum Gasteiger partial charge on any atom is -0.466 e. The molecule has 6 nitrogen and oxygen atoms in total. The minimum atomic E-state index is -0.420. The molecule has 1 aliphatic carbocycles. The molecule has 1 rings (SSSR count). The molecule has 0 aliphatic heterocycles. The Hall–Kier alpha value is -1.14. The van der Waals surface area contributed by atoms with Gasteiger partial charge in [0.25, 0.3) is 0 Å². The molecular formula is C49H95NO5. The summed E-state index contributed by atoms with van der Waals surface area (Å²) >= 11 is 0. The van der Waals surface area contributed by atoms with Gasteiger partial charge in [-0.05, 0) is 128 Å². The summed E-state index contributed by atoms with van der Waals surface area (Å²) < 4.78 is 11.6. The molecule has 0 aromatic heterocycles. The Balaban J connectivity index is 2.31. The number of carbonyl (C=O) groups excluding carboxylic acids is 2. The molecule has 1 N–H and O–H groups in total. The molecule has 0 spiro atoms. The maximum atomic E-state index is 13.2. The van der Waals surface area contributed by atoms with Crippen molar-refractivity contribution in [3.05, 3.63) is 0 Å². The normalized spacial score (nSPS) is 13.9. The molecule has 326 valence electrons. The molecule has 0 bridgehead atoms. The second-order valence-corrected chi connectivity index (χ2v) is 18.5. The van der Waals surface area contributed by atoms with Crippen LogP contribution in [0.3, 0.4) is 0 Å². The maximum absolute atomic E-state index is 13.2. The van der Waals surface area contributed by atoms with Crippen LogP contribution in [0.1, 0.15) is 247 Å². The van der Waals surface area contributed by atoms with E-state index in [0.29, 0.717) is 31.0 Å². The highest BCUT2D eigenvalue weighted by Gasteiger charge is 2.41. The van der Waals surface area contributed by atoms with Gasteiger partial charge in [0.15, 0.2) is 0 Å². The standard InChI is InChI=1S/C49H95NO5/c1-6-9-12-15-16-19-24-33-46(52)54-43-30-26-35-49(36-37-49)38-41-50(40-28-29-42-51)39-27-21-20-25-34-48(4,5)47(53)55-44-45(31-22-17-13-10-7-2)32-23-18-14-11-8-3/h45,51H,6-44H2,1-5H3. The molecule has 6 heteroatoms. The monoisotopic (exact) mass is 778 g/mol. The molecule has 0 saturated heterocycles. The van der Waals surface area contributed by atoms with Crippen LogP contribution in [-0.4, -0.2) is 61.4 Å². The van der Waals surface area contributed by atoms with E-state index in [-0.39, 0.29) is 18.5 Å². The van der Waals surface area contributed by atoms with Crippen LogP contribution in [0.2, 0.25) is 0 Å². The SMILES string of the molecule is CCCCCCCCCC(=O)OCCCCC1(CCN(CCCCO)CCCCCCC(C)(C)C(=O)OCC(CCCCCCC)CCCCCCC)CC1. The molecular weight excluding hydrogens is 683 g/mol. The van der Waals surface area contributed by atoms with Gasteiger partial charge in [-0.1, -0.05) is 143 Å². The first-order valence-electron chi connectivity index (χ1n) is 24.4. The lowest BCUT2D eigenvalue weighted by Gasteiger charge is -2.26. The summed E-state index contributed by atoms with van der Waals surface area (Å²) in [5.74, 6) is 0.502. The van der Waals surface area contributed by atoms with Crippen molar-refractivity contribution in [3.8, 4) is 0 Å². The molecule has 1 saturated carbocycles. The van der Waals surface area contributed by atoms with Crippen molar-refractivity contribution in [2.75, 3.05) is 39.5 Å². The van der Waals surface area contributed by atoms with Crippen LogP contribution >= 0.6 is 0 Å². The van der Waals surface area contributed by atoms with Crippen LogP contribution in [0, 0.1) is 16.7 Å². The van der Waals surface area contributed by atoms with Crippen molar-refractivity contribution in [3.63, 3.8) is 0 Å². The van der Waals surface area contributed by atoms with Gasteiger partial charge < -0.3 is 19.5 Å². The zero-order valence-electron chi connectivity index (χ0n) is 37.7. The summed E-state index contributed by atoms with van der Waals surface area (Å²) in [6, 6.07) is 0. The lowest BCUT2D eigenvalue weighted by molar-refractivity contribution is -0.156. The molecule has 0 radical (unpaired) electrons. The first-order chi connectivity index (χ1) is 26.7. The number of rotatable bonds is 42. The number of hydrogen-bond acceptors (Lipinski definition) is 6. The Morgan fingerprint density at radius 1 is 0.600 bits per heavy atom. The van der Waals surface area contributed by atoms with Gasteiger partial charge in [-0.15, -0.1) is 0 Å². The first kappa shape index (κ1) is 51.9. The van der Waals surface area contributed by atoms with E-state index >= 15 is 0 Å². The fraction of sp³-hybridized carbons (Fsp3) is 0.959. The van der Waals surface area contributed by atoms with Gasteiger partial charge in [-0.3, -0.25) is 9.59 Å². The maximum Gasteiger partial charge on any atom is 0.311 e. The van der Waals surface area contributed by atoms with Crippen LogP contribution in [0.15, 0.2) is 0 Å². The van der Waals surface area contributed by atoms with Crippen molar-refractivity contribution < 1.29 is 24.2 Å². The van der Waals surface area contributed by atoms with Gasteiger partial charge in [-0.2, -0.15) is 0 Å². The fourth-order valence-corrected chi connectivity index (χ4v) is 8.20. The smallest absolute Gasteiger partial charge is 0.311 e. The van der Waals surface area contributed by atoms with Crippen molar-refractivity contribution in [1.29, 1.82) is 0 Å². The van der Waals surface area contributed by atoms with E-state index in [0.717, 1.165) is 77.4 Å². The van der Waals surface area contributed by atoms with E-state index < -0.39 is 5.41 Å². The van der Waals surface area contributed by atoms with Crippen LogP contribution in [0.5, 0.6) is 0 Å². The molecule has 55 heavy (non-hydrogen) atoms. The van der Waals surface area contributed by atoms with Crippen molar-refractivity contribution >= 4 is 11.9 Å². The van der Waals surface area contributed by atoms with E-state index in [1.807, 2.05) is 0 Å². The third-order valence-electron chi connectivity index (χ3n) is 12.6. The summed E-state index contributed by atoms with van der Waals surface area (Å²) in [6.45, 7) is 15.8. The molecule has 0 aromatic carbocycles. The lowest BCUT2D eigenvalue weighted by Crippen LogP contribution is -2.29. The number of ether oxygens (including phenoxy) is 2. The number of hydrogen-bond donors (Lipinski definition) is 1. The van der Waals surface area contributed by atoms with Crippen molar-refractivity contribution in [1.82, 2.24) is 4.90 Å². The highest BCUT2D eigenvalue weighted by atomic mass is 16.5. The zero-order chi connectivity index (χ0) is 40.3. The molecule has 0 heterocycles. The van der Waals surface area contributed by atoms with E-state index in [9.17, 15) is 14.7 Å². The predicted molar refractivity (Wildman–Crippen MR) is 235 cm³/mol. The quantitative estimate of drug-likeness (QED) is 0.0491. The largest absolute Gasteiger partial charge is 0.466 e. The van der Waals surface area contributed by atoms with Gasteiger partial charge in [-0.25, -0.2) is 0 Å². The van der Waals surface area contributed by atoms with Crippen molar-refractivity contribution in [2.24, 2.45) is 16.7 Å². The summed E-state index contributed by atoms with van der Waals surface area (Å²) in [5, 5.41) is 9.39. The number of aliphatic hydroxyl groups is 1. The number of nitrogens with zero attached hydrogens (tertiary/aromatic N) is 1. The molecule has 1 fully saturated rings. The van der Waals surface area contributed by atoms with E-state index in [4.69, 9.17) is 9.47 Å². The molecule has 0 atom stereocenters. The van der Waals surface area contributed by atoms with Gasteiger partial charge >= 0.3 is 11.9 Å². The average molecular weight is 778 g/mol. The molecule has 0 unspecified atom stereocenters. The van der Waals surface area contributed by atoms with Crippen LogP contribution in [0.25, 0.3) is 0 Å². The zero-order valence-corrected chi connectivity index (χ0v) is 37.7. The Labute approximate surface area is 342 Å².